The van der Waals surface area contributed by atoms with Gasteiger partial charge in [0.1, 0.15) is 5.82 Å². The van der Waals surface area contributed by atoms with E-state index in [1.165, 1.54) is 0 Å². The molecule has 4 N–H and O–H groups in total. The molecule has 7 nitrogen and oxygen atoms in total. The van der Waals surface area contributed by atoms with Crippen LogP contribution in [-0.4, -0.2) is 39.9 Å². The Hall–Kier alpha value is -1.89. The molecule has 0 aliphatic rings. The van der Waals surface area contributed by atoms with E-state index in [0.717, 1.165) is 5.39 Å². The smallest absolute Gasteiger partial charge is 0.224 e. The van der Waals surface area contributed by atoms with Gasteiger partial charge in [0.15, 0.2) is 5.65 Å². The standard InChI is InChI=1S/C9H14N6O/c1-5(4-16-2)12-7-6-3-11-15-8(6)14-9(10)13-7/h3,5H,4H2,1-2H3,(H4,10,11,12,13,14,15). The Morgan fingerprint density at radius 1 is 1.56 bits per heavy atom. The molecule has 0 saturated heterocycles. The number of nitrogen functional groups attached to an aromatic ring is 1. The number of nitrogens with one attached hydrogen (secondary N) is 2. The van der Waals surface area contributed by atoms with E-state index in [1.807, 2.05) is 6.92 Å². The van der Waals surface area contributed by atoms with Crippen molar-refractivity contribution in [2.24, 2.45) is 0 Å². The van der Waals surface area contributed by atoms with Crippen LogP contribution in [0.1, 0.15) is 6.92 Å². The molecule has 2 rings (SSSR count). The molecule has 2 aromatic heterocycles. The summed E-state index contributed by atoms with van der Waals surface area (Å²) in [5.74, 6) is 0.879. The number of anilines is 2. The van der Waals surface area contributed by atoms with Crippen molar-refractivity contribution in [3.8, 4) is 0 Å². The van der Waals surface area contributed by atoms with Crippen LogP contribution in [0.3, 0.4) is 0 Å². The van der Waals surface area contributed by atoms with Gasteiger partial charge >= 0.3 is 0 Å². The number of nitrogens with two attached hydrogens (primary N) is 1. The number of aromatic amines is 1. The van der Waals surface area contributed by atoms with E-state index in [-0.39, 0.29) is 12.0 Å². The van der Waals surface area contributed by atoms with Gasteiger partial charge in [-0.1, -0.05) is 0 Å². The highest BCUT2D eigenvalue weighted by Gasteiger charge is 2.10. The quantitative estimate of drug-likeness (QED) is 0.691. The molecule has 0 spiro atoms. The van der Waals surface area contributed by atoms with Gasteiger partial charge in [-0.2, -0.15) is 15.1 Å². The second-order valence-electron chi connectivity index (χ2n) is 3.56. The van der Waals surface area contributed by atoms with E-state index >= 15 is 0 Å². The normalized spacial score (nSPS) is 12.9. The maximum Gasteiger partial charge on any atom is 0.224 e. The molecule has 1 unspecified atom stereocenters. The first-order valence-electron chi connectivity index (χ1n) is 4.92. The first-order chi connectivity index (χ1) is 7.70. The summed E-state index contributed by atoms with van der Waals surface area (Å²) in [6, 6.07) is 0.136. The lowest BCUT2D eigenvalue weighted by Gasteiger charge is -2.13. The maximum absolute atomic E-state index is 5.59. The third-order valence-electron chi connectivity index (χ3n) is 2.13. The maximum atomic E-state index is 5.59. The van der Waals surface area contributed by atoms with Gasteiger partial charge in [-0.25, -0.2) is 0 Å². The van der Waals surface area contributed by atoms with E-state index < -0.39 is 0 Å². The second kappa shape index (κ2) is 4.31. The zero-order chi connectivity index (χ0) is 11.5. The Labute approximate surface area is 92.4 Å². The topological polar surface area (TPSA) is 102 Å². The van der Waals surface area contributed by atoms with E-state index in [4.69, 9.17) is 10.5 Å². The van der Waals surface area contributed by atoms with Gasteiger partial charge in [0, 0.05) is 13.2 Å². The van der Waals surface area contributed by atoms with Crippen LogP contribution in [0.5, 0.6) is 0 Å². The molecular formula is C9H14N6O. The number of hydrogen-bond acceptors (Lipinski definition) is 6. The van der Waals surface area contributed by atoms with E-state index in [2.05, 4.69) is 25.5 Å². The average Bonchev–Trinajstić information content (AvgIpc) is 2.65. The lowest BCUT2D eigenvalue weighted by atomic mass is 10.3. The molecule has 0 aromatic carbocycles. The molecule has 0 saturated carbocycles. The highest BCUT2D eigenvalue weighted by molar-refractivity contribution is 5.86. The van der Waals surface area contributed by atoms with E-state index in [0.29, 0.717) is 18.1 Å². The van der Waals surface area contributed by atoms with Gasteiger partial charge in [-0.05, 0) is 6.92 Å². The first kappa shape index (κ1) is 10.6. The molecule has 2 heterocycles. The minimum absolute atomic E-state index is 0.136. The molecule has 0 fully saturated rings. The molecule has 0 aliphatic carbocycles. The first-order valence-corrected chi connectivity index (χ1v) is 4.92. The van der Waals surface area contributed by atoms with Gasteiger partial charge in [-0.15, -0.1) is 0 Å². The van der Waals surface area contributed by atoms with Crippen molar-refractivity contribution in [1.29, 1.82) is 0 Å². The minimum Gasteiger partial charge on any atom is -0.383 e. The molecule has 0 radical (unpaired) electrons. The fourth-order valence-corrected chi connectivity index (χ4v) is 1.49. The SMILES string of the molecule is COCC(C)Nc1nc(N)nc2[nH]ncc12. The largest absolute Gasteiger partial charge is 0.383 e. The highest BCUT2D eigenvalue weighted by Crippen LogP contribution is 2.19. The molecule has 7 heteroatoms. The highest BCUT2D eigenvalue weighted by atomic mass is 16.5. The lowest BCUT2D eigenvalue weighted by Crippen LogP contribution is -2.21. The summed E-state index contributed by atoms with van der Waals surface area (Å²) in [5.41, 5.74) is 6.22. The number of rotatable bonds is 4. The van der Waals surface area contributed by atoms with Gasteiger partial charge < -0.3 is 15.8 Å². The molecule has 86 valence electrons. The van der Waals surface area contributed by atoms with Crippen LogP contribution in [0.4, 0.5) is 11.8 Å². The summed E-state index contributed by atoms with van der Waals surface area (Å²) >= 11 is 0. The predicted octanol–water partition coefficient (Wildman–Crippen LogP) is 0.382. The number of aromatic nitrogens is 4. The van der Waals surface area contributed by atoms with Crippen molar-refractivity contribution in [1.82, 2.24) is 20.2 Å². The van der Waals surface area contributed by atoms with Crippen LogP contribution in [0, 0.1) is 0 Å². The van der Waals surface area contributed by atoms with Crippen LogP contribution < -0.4 is 11.1 Å². The monoisotopic (exact) mass is 222 g/mol. The molecule has 2 aromatic rings. The minimum atomic E-state index is 0.136. The van der Waals surface area contributed by atoms with Crippen molar-refractivity contribution < 1.29 is 4.74 Å². The average molecular weight is 222 g/mol. The Kier molecular flexibility index (Phi) is 2.86. The van der Waals surface area contributed by atoms with Crippen molar-refractivity contribution in [3.63, 3.8) is 0 Å². The van der Waals surface area contributed by atoms with Crippen LogP contribution in [0.15, 0.2) is 6.20 Å². The summed E-state index contributed by atoms with van der Waals surface area (Å²) in [5, 5.41) is 10.7. The lowest BCUT2D eigenvalue weighted by molar-refractivity contribution is 0.190. The Bertz CT molecular complexity index is 482. The Morgan fingerprint density at radius 3 is 3.12 bits per heavy atom. The third kappa shape index (κ3) is 2.03. The molecule has 16 heavy (non-hydrogen) atoms. The van der Waals surface area contributed by atoms with Gasteiger partial charge in [0.05, 0.1) is 18.2 Å². The van der Waals surface area contributed by atoms with Crippen molar-refractivity contribution in [2.45, 2.75) is 13.0 Å². The van der Waals surface area contributed by atoms with Gasteiger partial charge in [0.2, 0.25) is 5.95 Å². The molecule has 0 amide bonds. The van der Waals surface area contributed by atoms with Gasteiger partial charge in [-0.3, -0.25) is 5.10 Å². The number of fused-ring (bicyclic) bond motifs is 1. The zero-order valence-electron chi connectivity index (χ0n) is 9.19. The fraction of sp³-hybridized carbons (Fsp3) is 0.444. The van der Waals surface area contributed by atoms with E-state index in [1.54, 1.807) is 13.3 Å². The number of hydrogen-bond donors (Lipinski definition) is 3. The van der Waals surface area contributed by atoms with Crippen molar-refractivity contribution >= 4 is 22.8 Å². The molecule has 1 atom stereocenters. The summed E-state index contributed by atoms with van der Waals surface area (Å²) in [6.45, 7) is 2.58. The third-order valence-corrected chi connectivity index (χ3v) is 2.13. The Balaban J connectivity index is 2.31. The fourth-order valence-electron chi connectivity index (χ4n) is 1.49. The number of nitrogens with zero attached hydrogens (tertiary/aromatic N) is 3. The van der Waals surface area contributed by atoms with Gasteiger partial charge in [0.25, 0.3) is 0 Å². The summed E-state index contributed by atoms with van der Waals surface area (Å²) < 4.78 is 5.04. The summed E-state index contributed by atoms with van der Waals surface area (Å²) in [6.07, 6.45) is 1.66. The van der Waals surface area contributed by atoms with Crippen molar-refractivity contribution in [2.75, 3.05) is 24.8 Å². The summed E-state index contributed by atoms with van der Waals surface area (Å²) in [7, 11) is 1.65. The van der Waals surface area contributed by atoms with E-state index in [9.17, 15) is 0 Å². The second-order valence-corrected chi connectivity index (χ2v) is 3.56. The summed E-state index contributed by atoms with van der Waals surface area (Å²) in [4.78, 5) is 8.16. The molecular weight excluding hydrogens is 208 g/mol. The van der Waals surface area contributed by atoms with Crippen molar-refractivity contribution in [3.05, 3.63) is 6.20 Å². The molecule has 0 aliphatic heterocycles. The van der Waals surface area contributed by atoms with Crippen LogP contribution in [0.2, 0.25) is 0 Å². The van der Waals surface area contributed by atoms with Crippen LogP contribution in [-0.2, 0) is 4.74 Å². The number of H-pyrrole nitrogens is 1. The zero-order valence-corrected chi connectivity index (χ0v) is 9.19. The predicted molar refractivity (Wildman–Crippen MR) is 61.1 cm³/mol. The number of ether oxygens (including phenoxy) is 1. The Morgan fingerprint density at radius 2 is 2.38 bits per heavy atom. The molecule has 0 bridgehead atoms. The van der Waals surface area contributed by atoms with Crippen LogP contribution in [0.25, 0.3) is 11.0 Å². The number of methoxy groups -OCH3 is 1. The van der Waals surface area contributed by atoms with Crippen LogP contribution >= 0.6 is 0 Å².